The van der Waals surface area contributed by atoms with Crippen molar-refractivity contribution in [2.24, 2.45) is 0 Å². The number of ether oxygens (including phenoxy) is 2. The summed E-state index contributed by atoms with van der Waals surface area (Å²) in [7, 11) is 2.51. The van der Waals surface area contributed by atoms with Crippen LogP contribution in [0.25, 0.3) is 6.08 Å². The quantitative estimate of drug-likeness (QED) is 0.580. The Balaban J connectivity index is 1.99. The monoisotopic (exact) mass is 399 g/mol. The molecule has 3 heterocycles. The molecule has 0 unspecified atom stereocenters. The molecule has 1 fully saturated rings. The summed E-state index contributed by atoms with van der Waals surface area (Å²) in [6.45, 7) is 0. The predicted molar refractivity (Wildman–Crippen MR) is 103 cm³/mol. The lowest BCUT2D eigenvalue weighted by Crippen LogP contribution is -2.54. The minimum atomic E-state index is -1.75. The second-order valence-corrected chi connectivity index (χ2v) is 7.07. The van der Waals surface area contributed by atoms with E-state index in [9.17, 15) is 9.59 Å². The zero-order valence-corrected chi connectivity index (χ0v) is 16.0. The second kappa shape index (κ2) is 6.83. The number of hydrogen-bond acceptors (Lipinski definition) is 7. The van der Waals surface area contributed by atoms with Crippen molar-refractivity contribution in [2.75, 3.05) is 19.2 Å². The summed E-state index contributed by atoms with van der Waals surface area (Å²) >= 11 is 6.99. The van der Waals surface area contributed by atoms with Gasteiger partial charge in [0, 0.05) is 12.4 Å². The molecule has 0 aliphatic carbocycles. The Morgan fingerprint density at radius 1 is 1.11 bits per heavy atom. The molecule has 0 N–H and O–H groups in total. The van der Waals surface area contributed by atoms with E-state index >= 15 is 0 Å². The maximum atomic E-state index is 12.9. The molecule has 0 radical (unpaired) electrons. The van der Waals surface area contributed by atoms with Crippen molar-refractivity contribution in [1.29, 1.82) is 0 Å². The van der Waals surface area contributed by atoms with Crippen molar-refractivity contribution in [2.45, 2.75) is 17.0 Å². The maximum absolute atomic E-state index is 12.9. The van der Waals surface area contributed by atoms with Crippen molar-refractivity contribution in [3.8, 4) is 0 Å². The number of anilines is 1. The average Bonchev–Trinajstić information content (AvgIpc) is 3.03. The molecule has 1 saturated heterocycles. The second-order valence-electron chi connectivity index (χ2n) is 6.45. The Bertz CT molecular complexity index is 951. The molecule has 2 aromatic rings. The van der Waals surface area contributed by atoms with E-state index in [0.29, 0.717) is 5.82 Å². The molecule has 144 valence electrons. The highest BCUT2D eigenvalue weighted by molar-refractivity contribution is 6.37. The molecule has 1 aromatic heterocycles. The number of benzene rings is 1. The summed E-state index contributed by atoms with van der Waals surface area (Å²) in [6, 6.07) is 11.0. The number of pyridine rings is 1. The third kappa shape index (κ3) is 2.46. The Kier molecular flexibility index (Phi) is 4.47. The first-order chi connectivity index (χ1) is 13.5. The number of rotatable bonds is 3. The number of alkyl halides is 1. The highest BCUT2D eigenvalue weighted by Crippen LogP contribution is 2.53. The number of aromatic nitrogens is 1. The van der Waals surface area contributed by atoms with Gasteiger partial charge in [-0.25, -0.2) is 14.6 Å². The average molecular weight is 400 g/mol. The lowest BCUT2D eigenvalue weighted by Gasteiger charge is -2.36. The lowest BCUT2D eigenvalue weighted by molar-refractivity contribution is -0.151. The van der Waals surface area contributed by atoms with Gasteiger partial charge in [0.25, 0.3) is 0 Å². The van der Waals surface area contributed by atoms with Crippen molar-refractivity contribution >= 4 is 35.4 Å². The SMILES string of the molecule is COC(=O)[C@@H]1N(c2ccccn2)N2C=Cc3ccccc3[C@@H]2[C@@]1(Cl)C(=O)OC. The van der Waals surface area contributed by atoms with Gasteiger partial charge in [-0.05, 0) is 29.3 Å². The number of hydrogen-bond donors (Lipinski definition) is 0. The van der Waals surface area contributed by atoms with Crippen LogP contribution >= 0.6 is 11.6 Å². The summed E-state index contributed by atoms with van der Waals surface area (Å²) in [5.41, 5.74) is 1.71. The van der Waals surface area contributed by atoms with E-state index in [1.807, 2.05) is 30.3 Å². The number of carbonyl (C=O) groups excluding carboxylic acids is 2. The Hall–Kier alpha value is -3.06. The van der Waals surface area contributed by atoms with Crippen LogP contribution in [0, 0.1) is 0 Å². The van der Waals surface area contributed by atoms with Crippen molar-refractivity contribution < 1.29 is 19.1 Å². The molecule has 3 atom stereocenters. The summed E-state index contributed by atoms with van der Waals surface area (Å²) in [4.78, 5) is 28.4. The molecular formula is C20H18ClN3O4. The molecule has 2 aliphatic rings. The van der Waals surface area contributed by atoms with Gasteiger partial charge in [-0.3, -0.25) is 10.0 Å². The molecule has 7 nitrogen and oxygen atoms in total. The van der Waals surface area contributed by atoms with Gasteiger partial charge < -0.3 is 9.47 Å². The molecular weight excluding hydrogens is 382 g/mol. The number of fused-ring (bicyclic) bond motifs is 3. The highest BCUT2D eigenvalue weighted by atomic mass is 35.5. The molecule has 8 heteroatoms. The predicted octanol–water partition coefficient (Wildman–Crippen LogP) is 2.54. The van der Waals surface area contributed by atoms with Gasteiger partial charge in [-0.1, -0.05) is 30.3 Å². The number of carbonyl (C=O) groups is 2. The molecule has 0 bridgehead atoms. The van der Waals surface area contributed by atoms with Gasteiger partial charge in [0.1, 0.15) is 11.9 Å². The maximum Gasteiger partial charge on any atom is 0.333 e. The zero-order valence-electron chi connectivity index (χ0n) is 15.3. The van der Waals surface area contributed by atoms with Crippen LogP contribution in [0.2, 0.25) is 0 Å². The molecule has 0 amide bonds. The molecule has 2 aliphatic heterocycles. The van der Waals surface area contributed by atoms with Gasteiger partial charge in [0.15, 0.2) is 6.04 Å². The topological polar surface area (TPSA) is 72.0 Å². The number of nitrogens with zero attached hydrogens (tertiary/aromatic N) is 3. The normalized spacial score (nSPS) is 25.1. The van der Waals surface area contributed by atoms with Gasteiger partial charge in [0.2, 0.25) is 4.87 Å². The fourth-order valence-corrected chi connectivity index (χ4v) is 4.35. The largest absolute Gasteiger partial charge is 0.468 e. The Morgan fingerprint density at radius 3 is 2.54 bits per heavy atom. The Labute approximate surface area is 167 Å². The van der Waals surface area contributed by atoms with Crippen LogP contribution in [-0.2, 0) is 19.1 Å². The summed E-state index contributed by atoms with van der Waals surface area (Å²) in [5.74, 6) is -0.923. The summed E-state index contributed by atoms with van der Waals surface area (Å²) in [5, 5.41) is 3.34. The molecule has 28 heavy (non-hydrogen) atoms. The molecule has 0 spiro atoms. The van der Waals surface area contributed by atoms with Gasteiger partial charge >= 0.3 is 11.9 Å². The lowest BCUT2D eigenvalue weighted by atomic mass is 9.84. The van der Waals surface area contributed by atoms with Crippen LogP contribution in [0.4, 0.5) is 5.82 Å². The van der Waals surface area contributed by atoms with Crippen LogP contribution in [0.1, 0.15) is 17.2 Å². The number of methoxy groups -OCH3 is 2. The van der Waals surface area contributed by atoms with E-state index in [-0.39, 0.29) is 0 Å². The van der Waals surface area contributed by atoms with Gasteiger partial charge in [0.05, 0.1) is 14.2 Å². The number of hydrazine groups is 1. The minimum Gasteiger partial charge on any atom is -0.468 e. The first kappa shape index (κ1) is 18.3. The van der Waals surface area contributed by atoms with Crippen LogP contribution in [0.3, 0.4) is 0 Å². The van der Waals surface area contributed by atoms with Gasteiger partial charge in [-0.15, -0.1) is 11.6 Å². The third-order valence-corrected chi connectivity index (χ3v) is 5.63. The van der Waals surface area contributed by atoms with E-state index < -0.39 is 28.9 Å². The first-order valence-electron chi connectivity index (χ1n) is 8.64. The van der Waals surface area contributed by atoms with Gasteiger partial charge in [-0.2, -0.15) is 0 Å². The minimum absolute atomic E-state index is 0.457. The first-order valence-corrected chi connectivity index (χ1v) is 9.02. The van der Waals surface area contributed by atoms with E-state index in [2.05, 4.69) is 4.98 Å². The van der Waals surface area contributed by atoms with Crippen molar-refractivity contribution in [3.63, 3.8) is 0 Å². The zero-order chi connectivity index (χ0) is 19.9. The summed E-state index contributed by atoms with van der Waals surface area (Å²) < 4.78 is 10.1. The van der Waals surface area contributed by atoms with E-state index in [0.717, 1.165) is 11.1 Å². The standard InChI is InChI=1S/C20H18ClN3O4/c1-27-18(25)17-20(21,19(26)28-2)16-14-8-4-3-7-13(14)10-12-23(16)24(17)15-9-5-6-11-22-15/h3-12,16-17H,1-2H3/t16-,17+,20+/m1/s1. The van der Waals surface area contributed by atoms with Crippen LogP contribution in [0.15, 0.2) is 54.9 Å². The summed E-state index contributed by atoms with van der Waals surface area (Å²) in [6.07, 6.45) is 5.29. The van der Waals surface area contributed by atoms with Crippen molar-refractivity contribution in [1.82, 2.24) is 9.99 Å². The van der Waals surface area contributed by atoms with E-state index in [1.54, 1.807) is 40.6 Å². The molecule has 0 saturated carbocycles. The number of halogens is 1. The fraction of sp³-hybridized carbons (Fsp3) is 0.250. The molecule has 4 rings (SSSR count). The highest BCUT2D eigenvalue weighted by Gasteiger charge is 2.67. The molecule has 1 aromatic carbocycles. The van der Waals surface area contributed by atoms with Crippen LogP contribution < -0.4 is 5.01 Å². The van der Waals surface area contributed by atoms with Crippen LogP contribution in [0.5, 0.6) is 0 Å². The third-order valence-electron chi connectivity index (χ3n) is 5.06. The van der Waals surface area contributed by atoms with E-state index in [1.165, 1.54) is 14.2 Å². The van der Waals surface area contributed by atoms with Crippen molar-refractivity contribution in [3.05, 3.63) is 66.0 Å². The Morgan fingerprint density at radius 2 is 1.86 bits per heavy atom. The fourth-order valence-electron chi connectivity index (χ4n) is 3.88. The number of esters is 2. The van der Waals surface area contributed by atoms with E-state index in [4.69, 9.17) is 21.1 Å². The van der Waals surface area contributed by atoms with Crippen LogP contribution in [-0.4, -0.2) is 47.1 Å². The smallest absolute Gasteiger partial charge is 0.333 e.